The first-order valence-electron chi connectivity index (χ1n) is 10.1. The number of aromatic nitrogens is 1. The summed E-state index contributed by atoms with van der Waals surface area (Å²) in [6.07, 6.45) is 7.15. The molecule has 0 bridgehead atoms. The first-order valence-corrected chi connectivity index (χ1v) is 11.6. The molecule has 27 heavy (non-hydrogen) atoms. The molecule has 1 saturated carbocycles. The van der Waals surface area contributed by atoms with Gasteiger partial charge in [0.25, 0.3) is 0 Å². The van der Waals surface area contributed by atoms with Gasteiger partial charge in [0.05, 0.1) is 13.2 Å². The van der Waals surface area contributed by atoms with Gasteiger partial charge in [-0.1, -0.05) is 0 Å². The van der Waals surface area contributed by atoms with Crippen LogP contribution in [0.25, 0.3) is 0 Å². The van der Waals surface area contributed by atoms with Crippen LogP contribution in [-0.2, 0) is 14.8 Å². The molecular formula is C20H31N3O3S. The van der Waals surface area contributed by atoms with Gasteiger partial charge in [-0.15, -0.1) is 0 Å². The van der Waals surface area contributed by atoms with Crippen molar-refractivity contribution in [2.75, 3.05) is 39.4 Å². The first kappa shape index (κ1) is 19.3. The van der Waals surface area contributed by atoms with Gasteiger partial charge < -0.3 is 4.74 Å². The highest BCUT2D eigenvalue weighted by Gasteiger charge is 2.45. The minimum atomic E-state index is -3.44. The Balaban J connectivity index is 1.40. The van der Waals surface area contributed by atoms with E-state index >= 15 is 0 Å². The lowest BCUT2D eigenvalue weighted by Crippen LogP contribution is -2.45. The van der Waals surface area contributed by atoms with E-state index in [9.17, 15) is 8.42 Å². The van der Waals surface area contributed by atoms with Gasteiger partial charge in [0.15, 0.2) is 0 Å². The van der Waals surface area contributed by atoms with E-state index in [0.717, 1.165) is 50.4 Å². The molecule has 7 heteroatoms. The Bertz CT molecular complexity index is 782. The predicted molar refractivity (Wildman–Crippen MR) is 104 cm³/mol. The number of morpholine rings is 1. The topological polar surface area (TPSA) is 62.7 Å². The van der Waals surface area contributed by atoms with Crippen LogP contribution in [0.1, 0.15) is 43.4 Å². The van der Waals surface area contributed by atoms with Gasteiger partial charge in [-0.25, -0.2) is 8.42 Å². The molecule has 2 aliphatic heterocycles. The van der Waals surface area contributed by atoms with Crippen LogP contribution in [0.4, 0.5) is 0 Å². The van der Waals surface area contributed by atoms with Gasteiger partial charge in [-0.05, 0) is 63.0 Å². The molecule has 1 aromatic heterocycles. The lowest BCUT2D eigenvalue weighted by atomic mass is 9.77. The molecule has 1 atom stereocenters. The van der Waals surface area contributed by atoms with Crippen LogP contribution in [0, 0.1) is 19.3 Å². The molecule has 3 heterocycles. The number of sulfonamides is 1. The number of hydrogen-bond acceptors (Lipinski definition) is 5. The van der Waals surface area contributed by atoms with Gasteiger partial charge in [-0.2, -0.15) is 4.31 Å². The molecule has 0 N–H and O–H groups in total. The van der Waals surface area contributed by atoms with E-state index in [1.54, 1.807) is 10.4 Å². The third kappa shape index (κ3) is 3.79. The fraction of sp³-hybridized carbons (Fsp3) is 0.750. The van der Waals surface area contributed by atoms with E-state index in [1.165, 1.54) is 25.5 Å². The third-order valence-electron chi connectivity index (χ3n) is 6.97. The van der Waals surface area contributed by atoms with Crippen LogP contribution in [0.5, 0.6) is 0 Å². The molecule has 0 aromatic carbocycles. The predicted octanol–water partition coefficient (Wildman–Crippen LogP) is 2.35. The summed E-state index contributed by atoms with van der Waals surface area (Å²) in [5.41, 5.74) is 2.14. The van der Waals surface area contributed by atoms with Gasteiger partial charge in [-0.3, -0.25) is 9.88 Å². The molecule has 0 radical (unpaired) electrons. The molecule has 1 aliphatic carbocycles. The Morgan fingerprint density at radius 1 is 1.11 bits per heavy atom. The van der Waals surface area contributed by atoms with Crippen molar-refractivity contribution in [3.05, 3.63) is 23.5 Å². The first-order chi connectivity index (χ1) is 12.9. The monoisotopic (exact) mass is 393 g/mol. The normalized spacial score (nSPS) is 27.3. The van der Waals surface area contributed by atoms with E-state index in [4.69, 9.17) is 4.74 Å². The summed E-state index contributed by atoms with van der Waals surface area (Å²) in [6.45, 7) is 8.86. The summed E-state index contributed by atoms with van der Waals surface area (Å²) in [4.78, 5) is 7.17. The molecular weight excluding hydrogens is 362 g/mol. The second-order valence-corrected chi connectivity index (χ2v) is 10.5. The number of pyridine rings is 1. The van der Waals surface area contributed by atoms with Crippen LogP contribution in [-0.4, -0.2) is 68.0 Å². The van der Waals surface area contributed by atoms with Crippen LogP contribution < -0.4 is 0 Å². The fourth-order valence-corrected chi connectivity index (χ4v) is 6.47. The molecule has 1 unspecified atom stereocenters. The molecule has 150 valence electrons. The van der Waals surface area contributed by atoms with Crippen molar-refractivity contribution >= 4 is 10.0 Å². The zero-order valence-electron chi connectivity index (χ0n) is 16.5. The molecule has 3 fully saturated rings. The van der Waals surface area contributed by atoms with E-state index in [2.05, 4.69) is 9.88 Å². The quantitative estimate of drug-likeness (QED) is 0.789. The van der Waals surface area contributed by atoms with E-state index in [-0.39, 0.29) is 0 Å². The van der Waals surface area contributed by atoms with Gasteiger partial charge in [0, 0.05) is 44.1 Å². The van der Waals surface area contributed by atoms with E-state index < -0.39 is 10.0 Å². The van der Waals surface area contributed by atoms with Crippen LogP contribution in [0.3, 0.4) is 0 Å². The number of ether oxygens (including phenoxy) is 1. The van der Waals surface area contributed by atoms with E-state index in [1.807, 2.05) is 13.8 Å². The van der Waals surface area contributed by atoms with Crippen molar-refractivity contribution in [1.82, 2.24) is 14.2 Å². The summed E-state index contributed by atoms with van der Waals surface area (Å²) in [5.74, 6) is 0. The van der Waals surface area contributed by atoms with Gasteiger partial charge in [0.1, 0.15) is 4.90 Å². The van der Waals surface area contributed by atoms with Crippen molar-refractivity contribution in [2.24, 2.45) is 5.41 Å². The average molecular weight is 394 g/mol. The number of piperidine rings is 1. The second kappa shape index (κ2) is 7.43. The van der Waals surface area contributed by atoms with Crippen LogP contribution >= 0.6 is 0 Å². The highest BCUT2D eigenvalue weighted by Crippen LogP contribution is 2.48. The highest BCUT2D eigenvalue weighted by atomic mass is 32.2. The van der Waals surface area contributed by atoms with Crippen molar-refractivity contribution < 1.29 is 13.2 Å². The SMILES string of the molecule is Cc1cc(S(=O)(=O)N2CCC3(CCC(N4CCOCC4)C3)CC2)cnc1C. The zero-order valence-corrected chi connectivity index (χ0v) is 17.3. The minimum Gasteiger partial charge on any atom is -0.379 e. The molecule has 4 rings (SSSR count). The Hall–Kier alpha value is -1.02. The van der Waals surface area contributed by atoms with Gasteiger partial charge >= 0.3 is 0 Å². The number of hydrogen-bond donors (Lipinski definition) is 0. The molecule has 1 aromatic rings. The number of rotatable bonds is 3. The molecule has 3 aliphatic rings. The Labute approximate surface area is 163 Å². The highest BCUT2D eigenvalue weighted by molar-refractivity contribution is 7.89. The van der Waals surface area contributed by atoms with Crippen molar-refractivity contribution in [3.63, 3.8) is 0 Å². The van der Waals surface area contributed by atoms with Gasteiger partial charge in [0.2, 0.25) is 10.0 Å². The maximum absolute atomic E-state index is 13.0. The number of nitrogens with zero attached hydrogens (tertiary/aromatic N) is 3. The maximum Gasteiger partial charge on any atom is 0.244 e. The Morgan fingerprint density at radius 3 is 2.48 bits per heavy atom. The smallest absolute Gasteiger partial charge is 0.244 e. The summed E-state index contributed by atoms with van der Waals surface area (Å²) in [6, 6.07) is 2.41. The van der Waals surface area contributed by atoms with Crippen LogP contribution in [0.2, 0.25) is 0 Å². The summed E-state index contributed by atoms with van der Waals surface area (Å²) < 4.78 is 33.2. The molecule has 6 nitrogen and oxygen atoms in total. The van der Waals surface area contributed by atoms with Crippen molar-refractivity contribution in [1.29, 1.82) is 0 Å². The maximum atomic E-state index is 13.0. The summed E-state index contributed by atoms with van der Waals surface area (Å²) in [5, 5.41) is 0. The van der Waals surface area contributed by atoms with E-state index in [0.29, 0.717) is 29.4 Å². The fourth-order valence-electron chi connectivity index (χ4n) is 4.99. The molecule has 0 amide bonds. The standard InChI is InChI=1S/C20H31N3O3S/c1-16-13-19(15-21-17(16)2)27(24,25)23-7-5-20(6-8-23)4-3-18(14-20)22-9-11-26-12-10-22/h13,15,18H,3-12,14H2,1-2H3. The Morgan fingerprint density at radius 2 is 1.81 bits per heavy atom. The average Bonchev–Trinajstić information content (AvgIpc) is 3.08. The number of aryl methyl sites for hydroxylation is 2. The second-order valence-electron chi connectivity index (χ2n) is 8.52. The van der Waals surface area contributed by atoms with Crippen LogP contribution in [0.15, 0.2) is 17.2 Å². The lowest BCUT2D eigenvalue weighted by molar-refractivity contribution is 0.0137. The third-order valence-corrected chi connectivity index (χ3v) is 8.84. The largest absolute Gasteiger partial charge is 0.379 e. The zero-order chi connectivity index (χ0) is 19.1. The lowest BCUT2D eigenvalue weighted by Gasteiger charge is -2.40. The van der Waals surface area contributed by atoms with Crippen molar-refractivity contribution in [3.8, 4) is 0 Å². The summed E-state index contributed by atoms with van der Waals surface area (Å²) >= 11 is 0. The molecule has 2 saturated heterocycles. The molecule has 1 spiro atoms. The Kier molecular flexibility index (Phi) is 5.31. The van der Waals surface area contributed by atoms with Crippen molar-refractivity contribution in [2.45, 2.75) is 56.9 Å². The minimum absolute atomic E-state index is 0.330. The summed E-state index contributed by atoms with van der Waals surface area (Å²) in [7, 11) is -3.44.